The summed E-state index contributed by atoms with van der Waals surface area (Å²) < 4.78 is 8.52. The highest BCUT2D eigenvalue weighted by Gasteiger charge is 2.36. The number of hydrogen-bond donors (Lipinski definition) is 0. The van der Waals surface area contributed by atoms with Crippen molar-refractivity contribution in [3.8, 4) is 5.75 Å². The lowest BCUT2D eigenvalue weighted by molar-refractivity contribution is 0.0261. The number of rotatable bonds is 5. The fourth-order valence-electron chi connectivity index (χ4n) is 5.82. The number of ether oxygens (including phenoxy) is 1. The predicted octanol–water partition coefficient (Wildman–Crippen LogP) is 5.94. The maximum atomic E-state index is 14.0. The van der Waals surface area contributed by atoms with Gasteiger partial charge in [0.1, 0.15) is 17.5 Å². The van der Waals surface area contributed by atoms with Crippen molar-refractivity contribution in [3.63, 3.8) is 0 Å². The molecule has 202 valence electrons. The topological polar surface area (TPSA) is 67.7 Å². The zero-order chi connectivity index (χ0) is 26.0. The molecule has 1 saturated carbocycles. The van der Waals surface area contributed by atoms with Gasteiger partial charge in [-0.05, 0) is 63.1 Å². The van der Waals surface area contributed by atoms with Gasteiger partial charge in [-0.2, -0.15) is 5.10 Å². The average molecular weight is 509 g/mol. The Labute approximate surface area is 222 Å². The molecular formula is C30H44N4O3. The fourth-order valence-corrected chi connectivity index (χ4v) is 5.82. The molecule has 4 rings (SSSR count). The summed E-state index contributed by atoms with van der Waals surface area (Å²) in [6, 6.07) is 9.50. The van der Waals surface area contributed by atoms with E-state index in [9.17, 15) is 9.59 Å². The van der Waals surface area contributed by atoms with Crippen molar-refractivity contribution in [2.75, 3.05) is 19.6 Å². The van der Waals surface area contributed by atoms with E-state index < -0.39 is 0 Å². The number of aryl methyl sites for hydroxylation is 1. The van der Waals surface area contributed by atoms with Gasteiger partial charge in [-0.15, -0.1) is 0 Å². The highest BCUT2D eigenvalue weighted by molar-refractivity contribution is 5.97. The molecule has 1 aliphatic carbocycles. The molecule has 1 aliphatic heterocycles. The molecule has 0 spiro atoms. The first-order valence-electron chi connectivity index (χ1n) is 14.5. The van der Waals surface area contributed by atoms with Gasteiger partial charge in [0.2, 0.25) is 0 Å². The van der Waals surface area contributed by atoms with Crippen LogP contribution >= 0.6 is 0 Å². The van der Waals surface area contributed by atoms with E-state index in [0.717, 1.165) is 96.8 Å². The molecule has 37 heavy (non-hydrogen) atoms. The number of hydrogen-bond acceptors (Lipinski definition) is 4. The van der Waals surface area contributed by atoms with E-state index in [2.05, 4.69) is 23.8 Å². The normalized spacial score (nSPS) is 21.8. The second-order valence-electron chi connectivity index (χ2n) is 10.5. The third kappa shape index (κ3) is 6.74. The maximum Gasteiger partial charge on any atom is 0.272 e. The lowest BCUT2D eigenvalue weighted by atomic mass is 9.90. The summed E-state index contributed by atoms with van der Waals surface area (Å²) in [5.74, 6) is 0.745. The van der Waals surface area contributed by atoms with Gasteiger partial charge < -0.3 is 14.5 Å². The number of para-hydroxylation sites is 1. The van der Waals surface area contributed by atoms with E-state index in [4.69, 9.17) is 4.74 Å². The molecule has 2 atom stereocenters. The third-order valence-electron chi connectivity index (χ3n) is 7.70. The van der Waals surface area contributed by atoms with Crippen molar-refractivity contribution >= 4 is 11.8 Å². The molecule has 0 saturated heterocycles. The minimum atomic E-state index is -0.140. The van der Waals surface area contributed by atoms with Crippen molar-refractivity contribution in [2.45, 2.75) is 103 Å². The standard InChI is InChI=1S/C30H44N4O3/c1-3-20-32-22-12-6-5-7-13-23-33(30(36)26-18-19-31-34(26)21-4-2)25-15-9-11-17-28(25)37-27-16-10-8-14-24(27)29(32)35/h8,10,14,16,18-19,25,28H,3-7,9,11-13,15,17,20-23H2,1-2H3/t25-,28+/m1/s1. The molecule has 1 aromatic carbocycles. The third-order valence-corrected chi connectivity index (χ3v) is 7.70. The van der Waals surface area contributed by atoms with Crippen LogP contribution < -0.4 is 4.74 Å². The highest BCUT2D eigenvalue weighted by atomic mass is 16.5. The van der Waals surface area contributed by atoms with E-state index in [1.165, 1.54) is 0 Å². The van der Waals surface area contributed by atoms with Crippen LogP contribution in [0.15, 0.2) is 36.5 Å². The van der Waals surface area contributed by atoms with Crippen LogP contribution in [0.3, 0.4) is 0 Å². The van der Waals surface area contributed by atoms with E-state index in [-0.39, 0.29) is 24.0 Å². The van der Waals surface area contributed by atoms with Crippen molar-refractivity contribution in [1.29, 1.82) is 0 Å². The molecule has 2 aliphatic rings. The second-order valence-corrected chi connectivity index (χ2v) is 10.5. The number of carbonyl (C=O) groups excluding carboxylic acids is 2. The molecule has 1 aromatic heterocycles. The minimum absolute atomic E-state index is 0.0220. The Hall–Kier alpha value is -2.83. The summed E-state index contributed by atoms with van der Waals surface area (Å²) in [5.41, 5.74) is 1.30. The molecule has 1 fully saturated rings. The van der Waals surface area contributed by atoms with Gasteiger partial charge in [-0.25, -0.2) is 0 Å². The molecule has 0 N–H and O–H groups in total. The second kappa shape index (κ2) is 13.6. The van der Waals surface area contributed by atoms with Gasteiger partial charge >= 0.3 is 0 Å². The van der Waals surface area contributed by atoms with Gasteiger partial charge in [-0.3, -0.25) is 14.3 Å². The fraction of sp³-hybridized carbons (Fsp3) is 0.633. The van der Waals surface area contributed by atoms with Crippen molar-refractivity contribution in [3.05, 3.63) is 47.8 Å². The summed E-state index contributed by atoms with van der Waals surface area (Å²) >= 11 is 0. The van der Waals surface area contributed by atoms with Crippen LogP contribution in [0.4, 0.5) is 0 Å². The van der Waals surface area contributed by atoms with Crippen molar-refractivity contribution in [1.82, 2.24) is 19.6 Å². The Balaban J connectivity index is 1.67. The Morgan fingerprint density at radius 2 is 1.65 bits per heavy atom. The zero-order valence-electron chi connectivity index (χ0n) is 22.7. The van der Waals surface area contributed by atoms with Crippen LogP contribution in [-0.4, -0.2) is 63.2 Å². The van der Waals surface area contributed by atoms with Gasteiger partial charge in [0, 0.05) is 32.4 Å². The van der Waals surface area contributed by atoms with Crippen LogP contribution in [0.5, 0.6) is 5.75 Å². The summed E-state index contributed by atoms with van der Waals surface area (Å²) in [5, 5.41) is 4.42. The number of fused-ring (bicyclic) bond motifs is 2. The Morgan fingerprint density at radius 1 is 0.919 bits per heavy atom. The van der Waals surface area contributed by atoms with Crippen LogP contribution in [0, 0.1) is 0 Å². The maximum absolute atomic E-state index is 14.0. The largest absolute Gasteiger partial charge is 0.487 e. The Bertz CT molecular complexity index is 1020. The van der Waals surface area contributed by atoms with E-state index in [1.807, 2.05) is 39.9 Å². The van der Waals surface area contributed by atoms with Crippen LogP contribution in [0.2, 0.25) is 0 Å². The van der Waals surface area contributed by atoms with Crippen LogP contribution in [0.25, 0.3) is 0 Å². The first-order valence-corrected chi connectivity index (χ1v) is 14.5. The number of nitrogens with zero attached hydrogens (tertiary/aromatic N) is 4. The lowest BCUT2D eigenvalue weighted by Gasteiger charge is -2.40. The predicted molar refractivity (Wildman–Crippen MR) is 146 cm³/mol. The van der Waals surface area contributed by atoms with E-state index in [1.54, 1.807) is 6.20 Å². The summed E-state index contributed by atoms with van der Waals surface area (Å²) in [4.78, 5) is 31.7. The SMILES string of the molecule is CCCN1CCCCCCCN(C(=O)c2ccnn2CCC)[C@@H]2CCCC[C@@H]2Oc2ccccc2C1=O. The average Bonchev–Trinajstić information content (AvgIpc) is 3.38. The molecule has 2 aromatic rings. The molecule has 0 bridgehead atoms. The molecular weight excluding hydrogens is 464 g/mol. The quantitative estimate of drug-likeness (QED) is 0.501. The summed E-state index contributed by atoms with van der Waals surface area (Å²) in [6.45, 7) is 7.22. The van der Waals surface area contributed by atoms with Crippen molar-refractivity contribution < 1.29 is 14.3 Å². The molecule has 2 heterocycles. The molecule has 7 nitrogen and oxygen atoms in total. The number of benzene rings is 1. The van der Waals surface area contributed by atoms with E-state index >= 15 is 0 Å². The lowest BCUT2D eigenvalue weighted by Crippen LogP contribution is -2.51. The van der Waals surface area contributed by atoms with Gasteiger partial charge in [0.15, 0.2) is 0 Å². The summed E-state index contributed by atoms with van der Waals surface area (Å²) in [7, 11) is 0. The molecule has 7 heteroatoms. The van der Waals surface area contributed by atoms with Gasteiger partial charge in [0.05, 0.1) is 11.6 Å². The Morgan fingerprint density at radius 3 is 2.46 bits per heavy atom. The van der Waals surface area contributed by atoms with Crippen LogP contribution in [-0.2, 0) is 6.54 Å². The molecule has 0 radical (unpaired) electrons. The first-order chi connectivity index (χ1) is 18.1. The number of amides is 2. The first kappa shape index (κ1) is 27.2. The van der Waals surface area contributed by atoms with Gasteiger partial charge in [0.25, 0.3) is 11.8 Å². The van der Waals surface area contributed by atoms with Crippen molar-refractivity contribution in [2.24, 2.45) is 0 Å². The van der Waals surface area contributed by atoms with E-state index in [0.29, 0.717) is 17.0 Å². The van der Waals surface area contributed by atoms with Gasteiger partial charge in [-0.1, -0.05) is 51.7 Å². The number of carbonyl (C=O) groups is 2. The summed E-state index contributed by atoms with van der Waals surface area (Å²) in [6.07, 6.45) is 12.7. The minimum Gasteiger partial charge on any atom is -0.487 e. The monoisotopic (exact) mass is 508 g/mol. The molecule has 0 unspecified atom stereocenters. The Kier molecular flexibility index (Phi) is 10.0. The zero-order valence-corrected chi connectivity index (χ0v) is 22.7. The van der Waals surface area contributed by atoms with Crippen LogP contribution in [0.1, 0.15) is 105 Å². The number of aromatic nitrogens is 2. The smallest absolute Gasteiger partial charge is 0.272 e. The molecule has 2 amide bonds. The highest BCUT2D eigenvalue weighted by Crippen LogP contribution is 2.31.